The zero-order valence-electron chi connectivity index (χ0n) is 10.6. The Balaban J connectivity index is 2.71. The van der Waals surface area contributed by atoms with Crippen LogP contribution in [0.15, 0.2) is 24.3 Å². The van der Waals surface area contributed by atoms with Crippen LogP contribution in [0.5, 0.6) is 0 Å². The highest BCUT2D eigenvalue weighted by atomic mass is 16.6. The number of nitro groups is 1. The standard InChI is InChI=1S/C13H20N2O2/c1-4-10(2)9-11(3)14-12-7-5-6-8-13(12)15(16)17/h5-8,10-11,14H,4,9H2,1-3H3. The second-order valence-electron chi connectivity index (χ2n) is 4.57. The number of nitrogens with zero attached hydrogens (tertiary/aromatic N) is 1. The molecule has 94 valence electrons. The van der Waals surface area contributed by atoms with E-state index < -0.39 is 0 Å². The van der Waals surface area contributed by atoms with Crippen LogP contribution in [0.25, 0.3) is 0 Å². The van der Waals surface area contributed by atoms with E-state index in [1.807, 2.05) is 6.07 Å². The Morgan fingerprint density at radius 1 is 1.35 bits per heavy atom. The third-order valence-corrected chi connectivity index (χ3v) is 2.96. The van der Waals surface area contributed by atoms with Crippen LogP contribution in [0, 0.1) is 16.0 Å². The number of nitro benzene ring substituents is 1. The number of para-hydroxylation sites is 2. The van der Waals surface area contributed by atoms with Crippen LogP contribution in [-0.4, -0.2) is 11.0 Å². The quantitative estimate of drug-likeness (QED) is 0.603. The predicted molar refractivity (Wildman–Crippen MR) is 70.3 cm³/mol. The highest BCUT2D eigenvalue weighted by Gasteiger charge is 2.15. The molecule has 0 aliphatic heterocycles. The number of hydrogen-bond donors (Lipinski definition) is 1. The van der Waals surface area contributed by atoms with Gasteiger partial charge in [0.25, 0.3) is 5.69 Å². The van der Waals surface area contributed by atoms with E-state index in [1.165, 1.54) is 6.07 Å². The van der Waals surface area contributed by atoms with Gasteiger partial charge in [-0.25, -0.2) is 0 Å². The van der Waals surface area contributed by atoms with Crippen molar-refractivity contribution >= 4 is 11.4 Å². The Morgan fingerprint density at radius 2 is 2.00 bits per heavy atom. The summed E-state index contributed by atoms with van der Waals surface area (Å²) >= 11 is 0. The first-order valence-corrected chi connectivity index (χ1v) is 6.04. The van der Waals surface area contributed by atoms with Crippen molar-refractivity contribution in [3.05, 3.63) is 34.4 Å². The Kier molecular flexibility index (Phi) is 4.94. The van der Waals surface area contributed by atoms with Crippen LogP contribution in [0.2, 0.25) is 0 Å². The van der Waals surface area contributed by atoms with E-state index in [2.05, 4.69) is 26.1 Å². The molecule has 0 heterocycles. The van der Waals surface area contributed by atoms with Crippen molar-refractivity contribution in [2.75, 3.05) is 5.32 Å². The fourth-order valence-electron chi connectivity index (χ4n) is 1.85. The Morgan fingerprint density at radius 3 is 2.59 bits per heavy atom. The first-order valence-electron chi connectivity index (χ1n) is 6.04. The first-order chi connectivity index (χ1) is 8.04. The van der Waals surface area contributed by atoms with Crippen LogP contribution in [0.4, 0.5) is 11.4 Å². The SMILES string of the molecule is CCC(C)CC(C)Nc1ccccc1[N+](=O)[O-]. The molecule has 0 spiro atoms. The van der Waals surface area contributed by atoms with E-state index in [4.69, 9.17) is 0 Å². The molecule has 4 nitrogen and oxygen atoms in total. The van der Waals surface area contributed by atoms with Crippen molar-refractivity contribution in [1.29, 1.82) is 0 Å². The second-order valence-corrected chi connectivity index (χ2v) is 4.57. The number of nitrogens with one attached hydrogen (secondary N) is 1. The average molecular weight is 236 g/mol. The van der Waals surface area contributed by atoms with Crippen molar-refractivity contribution in [2.45, 2.75) is 39.7 Å². The molecule has 0 bridgehead atoms. The van der Waals surface area contributed by atoms with E-state index in [0.717, 1.165) is 12.8 Å². The van der Waals surface area contributed by atoms with Gasteiger partial charge in [0, 0.05) is 12.1 Å². The maximum atomic E-state index is 10.8. The smallest absolute Gasteiger partial charge is 0.292 e. The molecule has 2 unspecified atom stereocenters. The molecule has 0 aromatic heterocycles. The number of benzene rings is 1. The molecule has 0 fully saturated rings. The van der Waals surface area contributed by atoms with E-state index in [9.17, 15) is 10.1 Å². The summed E-state index contributed by atoms with van der Waals surface area (Å²) in [6.07, 6.45) is 2.14. The number of rotatable bonds is 6. The molecule has 1 aromatic carbocycles. The maximum Gasteiger partial charge on any atom is 0.292 e. The molecule has 4 heteroatoms. The zero-order chi connectivity index (χ0) is 12.8. The molecule has 0 aliphatic rings. The maximum absolute atomic E-state index is 10.8. The molecule has 1 aromatic rings. The molecular formula is C13H20N2O2. The molecular weight excluding hydrogens is 216 g/mol. The molecule has 0 aliphatic carbocycles. The molecule has 0 saturated heterocycles. The highest BCUT2D eigenvalue weighted by molar-refractivity contribution is 5.61. The number of anilines is 1. The van der Waals surface area contributed by atoms with Crippen LogP contribution >= 0.6 is 0 Å². The fraction of sp³-hybridized carbons (Fsp3) is 0.538. The topological polar surface area (TPSA) is 55.2 Å². The lowest BCUT2D eigenvalue weighted by Crippen LogP contribution is -2.18. The molecule has 2 atom stereocenters. The van der Waals surface area contributed by atoms with Gasteiger partial charge in [-0.3, -0.25) is 10.1 Å². The van der Waals surface area contributed by atoms with Gasteiger partial charge >= 0.3 is 0 Å². The summed E-state index contributed by atoms with van der Waals surface area (Å²) < 4.78 is 0. The monoisotopic (exact) mass is 236 g/mol. The van der Waals surface area contributed by atoms with E-state index in [0.29, 0.717) is 11.6 Å². The average Bonchev–Trinajstić information content (AvgIpc) is 2.29. The third-order valence-electron chi connectivity index (χ3n) is 2.96. The fourth-order valence-corrected chi connectivity index (χ4v) is 1.85. The normalized spacial score (nSPS) is 14.1. The van der Waals surface area contributed by atoms with Crippen LogP contribution in [0.1, 0.15) is 33.6 Å². The van der Waals surface area contributed by atoms with Gasteiger partial charge < -0.3 is 5.32 Å². The lowest BCUT2D eigenvalue weighted by molar-refractivity contribution is -0.384. The lowest BCUT2D eigenvalue weighted by Gasteiger charge is -2.18. The predicted octanol–water partition coefficient (Wildman–Crippen LogP) is 3.83. The van der Waals surface area contributed by atoms with Gasteiger partial charge in [-0.2, -0.15) is 0 Å². The summed E-state index contributed by atoms with van der Waals surface area (Å²) in [5, 5.41) is 14.1. The Hall–Kier alpha value is -1.58. The van der Waals surface area contributed by atoms with Crippen molar-refractivity contribution < 1.29 is 4.92 Å². The molecule has 1 rings (SSSR count). The van der Waals surface area contributed by atoms with Gasteiger partial charge in [-0.05, 0) is 25.3 Å². The minimum Gasteiger partial charge on any atom is -0.377 e. The zero-order valence-corrected chi connectivity index (χ0v) is 10.6. The van der Waals surface area contributed by atoms with Crippen molar-refractivity contribution in [3.63, 3.8) is 0 Å². The summed E-state index contributed by atoms with van der Waals surface area (Å²) in [5.74, 6) is 0.625. The van der Waals surface area contributed by atoms with Gasteiger partial charge in [0.05, 0.1) is 4.92 Å². The van der Waals surface area contributed by atoms with Gasteiger partial charge in [0.2, 0.25) is 0 Å². The van der Waals surface area contributed by atoms with Crippen molar-refractivity contribution in [3.8, 4) is 0 Å². The minimum atomic E-state index is -0.349. The summed E-state index contributed by atoms with van der Waals surface area (Å²) in [5.41, 5.74) is 0.747. The molecule has 1 N–H and O–H groups in total. The second kappa shape index (κ2) is 6.23. The number of hydrogen-bond acceptors (Lipinski definition) is 3. The van der Waals surface area contributed by atoms with Gasteiger partial charge in [0.1, 0.15) is 5.69 Å². The Labute approximate surface area is 102 Å². The summed E-state index contributed by atoms with van der Waals surface area (Å²) in [7, 11) is 0. The van der Waals surface area contributed by atoms with Crippen molar-refractivity contribution in [1.82, 2.24) is 0 Å². The van der Waals surface area contributed by atoms with Crippen molar-refractivity contribution in [2.24, 2.45) is 5.92 Å². The summed E-state index contributed by atoms with van der Waals surface area (Å²) in [6, 6.07) is 7.02. The molecule has 0 saturated carbocycles. The van der Waals surface area contributed by atoms with Gasteiger partial charge in [-0.15, -0.1) is 0 Å². The largest absolute Gasteiger partial charge is 0.377 e. The highest BCUT2D eigenvalue weighted by Crippen LogP contribution is 2.25. The summed E-state index contributed by atoms with van der Waals surface area (Å²) in [6.45, 7) is 6.41. The molecule has 0 amide bonds. The molecule has 17 heavy (non-hydrogen) atoms. The third kappa shape index (κ3) is 4.06. The van der Waals surface area contributed by atoms with Crippen LogP contribution < -0.4 is 5.32 Å². The molecule has 0 radical (unpaired) electrons. The van der Waals surface area contributed by atoms with Crippen LogP contribution in [-0.2, 0) is 0 Å². The van der Waals surface area contributed by atoms with Crippen LogP contribution in [0.3, 0.4) is 0 Å². The van der Waals surface area contributed by atoms with Gasteiger partial charge in [0.15, 0.2) is 0 Å². The first kappa shape index (κ1) is 13.5. The van der Waals surface area contributed by atoms with E-state index in [-0.39, 0.29) is 16.7 Å². The van der Waals surface area contributed by atoms with Gasteiger partial charge in [-0.1, -0.05) is 32.4 Å². The summed E-state index contributed by atoms with van der Waals surface area (Å²) in [4.78, 5) is 10.5. The van der Waals surface area contributed by atoms with E-state index in [1.54, 1.807) is 12.1 Å². The Bertz CT molecular complexity index is 379. The minimum absolute atomic E-state index is 0.142. The lowest BCUT2D eigenvalue weighted by atomic mass is 10.0. The van der Waals surface area contributed by atoms with E-state index >= 15 is 0 Å².